The second-order valence-electron chi connectivity index (χ2n) is 9.47. The zero-order valence-electron chi connectivity index (χ0n) is 15.9. The van der Waals surface area contributed by atoms with Gasteiger partial charge in [0.25, 0.3) is 5.91 Å². The summed E-state index contributed by atoms with van der Waals surface area (Å²) in [5.41, 5.74) is 4.88. The Balaban J connectivity index is 1.41. The SMILES string of the molecule is C[C@@H](OC(=O)C12C[C@H]3C[C@@H](CC(Cl)(C3)C1)C2)C(=O)N1CCC[C@H](C(N)=O)C1. The molecule has 2 amide bonds. The third kappa shape index (κ3) is 3.45. The number of rotatable bonds is 4. The number of alkyl halides is 1. The number of esters is 1. The molecule has 0 radical (unpaired) electrons. The minimum atomic E-state index is -0.844. The highest BCUT2D eigenvalue weighted by atomic mass is 35.5. The van der Waals surface area contributed by atoms with Gasteiger partial charge in [0.2, 0.25) is 5.91 Å². The summed E-state index contributed by atoms with van der Waals surface area (Å²) in [4.78, 5) is 38.6. The van der Waals surface area contributed by atoms with E-state index in [0.717, 1.165) is 32.1 Å². The maximum absolute atomic E-state index is 13.1. The molecular weight excluding hydrogens is 368 g/mol. The molecule has 4 saturated carbocycles. The van der Waals surface area contributed by atoms with E-state index in [2.05, 4.69) is 0 Å². The van der Waals surface area contributed by atoms with Crippen molar-refractivity contribution in [2.45, 2.75) is 69.3 Å². The Labute approximate surface area is 165 Å². The zero-order chi connectivity index (χ0) is 19.4. The lowest BCUT2D eigenvalue weighted by atomic mass is 9.49. The molecule has 2 N–H and O–H groups in total. The summed E-state index contributed by atoms with van der Waals surface area (Å²) < 4.78 is 5.69. The molecule has 5 fully saturated rings. The molecule has 150 valence electrons. The number of ether oxygens (including phenoxy) is 1. The quantitative estimate of drug-likeness (QED) is 0.582. The van der Waals surface area contributed by atoms with Gasteiger partial charge in [-0.2, -0.15) is 0 Å². The number of halogens is 1. The number of hydrogen-bond acceptors (Lipinski definition) is 4. The van der Waals surface area contributed by atoms with E-state index in [-0.39, 0.29) is 28.6 Å². The van der Waals surface area contributed by atoms with E-state index in [1.54, 1.807) is 11.8 Å². The van der Waals surface area contributed by atoms with Crippen molar-refractivity contribution in [3.63, 3.8) is 0 Å². The highest BCUT2D eigenvalue weighted by molar-refractivity contribution is 6.24. The first kappa shape index (κ1) is 19.0. The molecule has 0 unspecified atom stereocenters. The Bertz CT molecular complexity index is 652. The molecule has 27 heavy (non-hydrogen) atoms. The van der Waals surface area contributed by atoms with Crippen LogP contribution in [0.25, 0.3) is 0 Å². The van der Waals surface area contributed by atoms with Gasteiger partial charge in [-0.3, -0.25) is 14.4 Å². The number of nitrogens with zero attached hydrogens (tertiary/aromatic N) is 1. The number of nitrogens with two attached hydrogens (primary N) is 1. The van der Waals surface area contributed by atoms with Crippen LogP contribution in [0.15, 0.2) is 0 Å². The number of primary amides is 1. The summed E-state index contributed by atoms with van der Waals surface area (Å²) in [6.45, 7) is 2.52. The molecule has 0 aromatic rings. The Morgan fingerprint density at radius 3 is 2.44 bits per heavy atom. The number of hydrogen-bond donors (Lipinski definition) is 1. The summed E-state index contributed by atoms with van der Waals surface area (Å²) in [7, 11) is 0. The first-order chi connectivity index (χ1) is 12.7. The molecule has 1 heterocycles. The summed E-state index contributed by atoms with van der Waals surface area (Å²) in [6.07, 6.45) is 6.11. The number of carbonyl (C=O) groups is 3. The van der Waals surface area contributed by atoms with Gasteiger partial charge in [0, 0.05) is 18.0 Å². The molecule has 4 bridgehead atoms. The topological polar surface area (TPSA) is 89.7 Å². The van der Waals surface area contributed by atoms with E-state index in [0.29, 0.717) is 37.8 Å². The fourth-order valence-corrected chi connectivity index (χ4v) is 7.08. The third-order valence-electron chi connectivity index (χ3n) is 7.19. The van der Waals surface area contributed by atoms with Crippen molar-refractivity contribution < 1.29 is 19.1 Å². The summed E-state index contributed by atoms with van der Waals surface area (Å²) >= 11 is 6.80. The minimum absolute atomic E-state index is 0.236. The van der Waals surface area contributed by atoms with Crippen molar-refractivity contribution in [3.8, 4) is 0 Å². The van der Waals surface area contributed by atoms with Crippen LogP contribution in [0, 0.1) is 23.2 Å². The summed E-state index contributed by atoms with van der Waals surface area (Å²) in [5.74, 6) is -0.185. The second kappa shape index (κ2) is 6.64. The minimum Gasteiger partial charge on any atom is -0.452 e. The van der Waals surface area contributed by atoms with Crippen LogP contribution in [-0.4, -0.2) is 46.8 Å². The highest BCUT2D eigenvalue weighted by Crippen LogP contribution is 2.64. The van der Waals surface area contributed by atoms with Gasteiger partial charge >= 0.3 is 5.97 Å². The predicted molar refractivity (Wildman–Crippen MR) is 99.8 cm³/mol. The molecule has 1 saturated heterocycles. The van der Waals surface area contributed by atoms with E-state index in [9.17, 15) is 14.4 Å². The maximum atomic E-state index is 13.1. The van der Waals surface area contributed by atoms with Gasteiger partial charge < -0.3 is 15.4 Å². The fraction of sp³-hybridized carbons (Fsp3) is 0.850. The van der Waals surface area contributed by atoms with E-state index in [4.69, 9.17) is 22.1 Å². The number of piperidine rings is 1. The highest BCUT2D eigenvalue weighted by Gasteiger charge is 2.61. The van der Waals surface area contributed by atoms with Gasteiger partial charge in [0.05, 0.1) is 11.3 Å². The molecule has 7 heteroatoms. The average Bonchev–Trinajstić information content (AvgIpc) is 2.59. The van der Waals surface area contributed by atoms with Crippen LogP contribution in [0.5, 0.6) is 0 Å². The molecular formula is C20H29ClN2O4. The van der Waals surface area contributed by atoms with Gasteiger partial charge in [-0.25, -0.2) is 0 Å². The normalized spacial score (nSPS) is 41.3. The lowest BCUT2D eigenvalue weighted by Gasteiger charge is -2.58. The number of amides is 2. The third-order valence-corrected chi connectivity index (χ3v) is 7.63. The first-order valence-electron chi connectivity index (χ1n) is 10.2. The van der Waals surface area contributed by atoms with Crippen LogP contribution in [0.4, 0.5) is 0 Å². The number of carbonyl (C=O) groups excluding carboxylic acids is 3. The zero-order valence-corrected chi connectivity index (χ0v) is 16.7. The standard InChI is InChI=1S/C20H29ClN2O4/c1-12(17(25)23-4-2-3-15(10-23)16(22)24)27-18(26)19-6-13-5-14(7-19)9-20(21,8-13)11-19/h12-15H,2-11H2,1H3,(H2,22,24)/t12-,13-,14-,15+,19?,20?/m1/s1. The van der Waals surface area contributed by atoms with Gasteiger partial charge in [-0.15, -0.1) is 11.6 Å². The summed E-state index contributed by atoms with van der Waals surface area (Å²) in [6, 6.07) is 0. The molecule has 6 nitrogen and oxygen atoms in total. The van der Waals surface area contributed by atoms with Crippen molar-refractivity contribution in [1.29, 1.82) is 0 Å². The monoisotopic (exact) mass is 396 g/mol. The number of likely N-dealkylation sites (tertiary alicyclic amines) is 1. The Hall–Kier alpha value is -1.30. The van der Waals surface area contributed by atoms with E-state index in [1.165, 1.54) is 6.42 Å². The maximum Gasteiger partial charge on any atom is 0.312 e. The second-order valence-corrected chi connectivity index (χ2v) is 10.3. The molecule has 0 aromatic heterocycles. The van der Waals surface area contributed by atoms with Gasteiger partial charge in [-0.05, 0) is 70.1 Å². The van der Waals surface area contributed by atoms with Crippen molar-refractivity contribution in [2.75, 3.05) is 13.1 Å². The molecule has 5 aliphatic rings. The van der Waals surface area contributed by atoms with Crippen LogP contribution >= 0.6 is 11.6 Å². The molecule has 4 atom stereocenters. The van der Waals surface area contributed by atoms with Crippen molar-refractivity contribution >= 4 is 29.4 Å². The molecule has 0 spiro atoms. The van der Waals surface area contributed by atoms with Crippen LogP contribution in [0.2, 0.25) is 0 Å². The molecule has 5 rings (SSSR count). The van der Waals surface area contributed by atoms with Crippen molar-refractivity contribution in [1.82, 2.24) is 4.90 Å². The van der Waals surface area contributed by atoms with Crippen molar-refractivity contribution in [2.24, 2.45) is 28.9 Å². The lowest BCUT2D eigenvalue weighted by molar-refractivity contribution is -0.179. The Morgan fingerprint density at radius 1 is 1.19 bits per heavy atom. The van der Waals surface area contributed by atoms with Gasteiger partial charge in [0.15, 0.2) is 6.10 Å². The molecule has 0 aromatic carbocycles. The van der Waals surface area contributed by atoms with E-state index < -0.39 is 11.5 Å². The molecule has 1 aliphatic heterocycles. The van der Waals surface area contributed by atoms with Gasteiger partial charge in [0.1, 0.15) is 0 Å². The Kier molecular flexibility index (Phi) is 4.68. The largest absolute Gasteiger partial charge is 0.452 e. The van der Waals surface area contributed by atoms with E-state index in [1.807, 2.05) is 0 Å². The van der Waals surface area contributed by atoms with Crippen LogP contribution in [0.3, 0.4) is 0 Å². The first-order valence-corrected chi connectivity index (χ1v) is 10.6. The lowest BCUT2D eigenvalue weighted by Crippen LogP contribution is -2.57. The van der Waals surface area contributed by atoms with E-state index >= 15 is 0 Å². The smallest absolute Gasteiger partial charge is 0.312 e. The molecule has 4 aliphatic carbocycles. The predicted octanol–water partition coefficient (Wildman–Crippen LogP) is 2.22. The van der Waals surface area contributed by atoms with Crippen LogP contribution in [-0.2, 0) is 19.1 Å². The van der Waals surface area contributed by atoms with Gasteiger partial charge in [-0.1, -0.05) is 0 Å². The van der Waals surface area contributed by atoms with Crippen LogP contribution in [0.1, 0.15) is 58.3 Å². The average molecular weight is 397 g/mol. The Morgan fingerprint density at radius 2 is 1.85 bits per heavy atom. The van der Waals surface area contributed by atoms with Crippen molar-refractivity contribution in [3.05, 3.63) is 0 Å². The van der Waals surface area contributed by atoms with Crippen LogP contribution < -0.4 is 5.73 Å². The fourth-order valence-electron chi connectivity index (χ4n) is 6.39. The summed E-state index contributed by atoms with van der Waals surface area (Å²) in [5, 5.41) is 0.